The molecule has 0 aliphatic heterocycles. The van der Waals surface area contributed by atoms with Crippen LogP contribution in [-0.4, -0.2) is 6.61 Å². The molecule has 3 aromatic rings. The van der Waals surface area contributed by atoms with E-state index in [9.17, 15) is 4.79 Å². The van der Waals surface area contributed by atoms with E-state index >= 15 is 4.39 Å². The molecule has 0 amide bonds. The number of fused-ring (bicyclic) bond motifs is 1. The smallest absolute Gasteiger partial charge is 0.346 e. The molecule has 1 aromatic heterocycles. The molecule has 172 valence electrons. The molecule has 32 heavy (non-hydrogen) atoms. The molecule has 0 atom stereocenters. The predicted molar refractivity (Wildman–Crippen MR) is 129 cm³/mol. The fourth-order valence-corrected chi connectivity index (χ4v) is 4.11. The third-order valence-corrected chi connectivity index (χ3v) is 5.94. The van der Waals surface area contributed by atoms with Crippen molar-refractivity contribution in [3.8, 4) is 5.75 Å². The van der Waals surface area contributed by atoms with E-state index in [-0.39, 0.29) is 5.39 Å². The van der Waals surface area contributed by atoms with E-state index in [0.717, 1.165) is 30.6 Å². The van der Waals surface area contributed by atoms with Crippen molar-refractivity contribution >= 4 is 10.8 Å². The summed E-state index contributed by atoms with van der Waals surface area (Å²) in [6, 6.07) is 13.3. The van der Waals surface area contributed by atoms with Crippen LogP contribution in [0.2, 0.25) is 0 Å². The number of hydrogen-bond donors (Lipinski definition) is 0. The maximum absolute atomic E-state index is 15.1. The minimum absolute atomic E-state index is 0.0671. The summed E-state index contributed by atoms with van der Waals surface area (Å²) in [6.45, 7) is 4.80. The lowest BCUT2D eigenvalue weighted by Crippen LogP contribution is -2.07. The van der Waals surface area contributed by atoms with Crippen LogP contribution in [0.25, 0.3) is 10.8 Å². The van der Waals surface area contributed by atoms with Crippen molar-refractivity contribution in [2.45, 2.75) is 78.1 Å². The largest absolute Gasteiger partial charge is 0.494 e. The average molecular weight is 439 g/mol. The van der Waals surface area contributed by atoms with E-state index in [1.165, 1.54) is 32.1 Å². The molecule has 0 radical (unpaired) electrons. The summed E-state index contributed by atoms with van der Waals surface area (Å²) < 4.78 is 26.0. The molecule has 3 rings (SSSR count). The molecule has 0 unspecified atom stereocenters. The standard InChI is InChI=1S/C28H35FO3/c1-3-5-6-7-8-9-10-11-25-20-23-17-16-22(27(29)26(23)28(30)32-25)15-12-21-13-18-24(19-14-21)31-4-2/h13-14,16-20H,3-12,15H2,1-2H3. The molecule has 3 nitrogen and oxygen atoms in total. The van der Waals surface area contributed by atoms with Crippen molar-refractivity contribution in [1.82, 2.24) is 0 Å². The van der Waals surface area contributed by atoms with E-state index in [2.05, 4.69) is 6.92 Å². The fourth-order valence-electron chi connectivity index (χ4n) is 4.11. The highest BCUT2D eigenvalue weighted by atomic mass is 19.1. The number of rotatable bonds is 13. The number of benzene rings is 2. The van der Waals surface area contributed by atoms with Gasteiger partial charge in [0, 0.05) is 6.42 Å². The Morgan fingerprint density at radius 2 is 1.56 bits per heavy atom. The third kappa shape index (κ3) is 6.69. The van der Waals surface area contributed by atoms with Gasteiger partial charge < -0.3 is 9.15 Å². The number of halogens is 1. The number of hydrogen-bond acceptors (Lipinski definition) is 3. The maximum Gasteiger partial charge on any atom is 0.346 e. The highest BCUT2D eigenvalue weighted by Crippen LogP contribution is 2.22. The Hall–Kier alpha value is -2.62. The molecular weight excluding hydrogens is 403 g/mol. The summed E-state index contributed by atoms with van der Waals surface area (Å²) in [6.07, 6.45) is 10.4. The molecule has 0 saturated heterocycles. The van der Waals surface area contributed by atoms with Gasteiger partial charge in [-0.25, -0.2) is 9.18 Å². The van der Waals surface area contributed by atoms with Gasteiger partial charge in [-0.05, 0) is 60.9 Å². The van der Waals surface area contributed by atoms with Gasteiger partial charge in [-0.1, -0.05) is 69.7 Å². The van der Waals surface area contributed by atoms with E-state index in [4.69, 9.17) is 9.15 Å². The lowest BCUT2D eigenvalue weighted by atomic mass is 10.0. The van der Waals surface area contributed by atoms with Crippen LogP contribution < -0.4 is 10.4 Å². The average Bonchev–Trinajstić information content (AvgIpc) is 2.79. The van der Waals surface area contributed by atoms with Crippen LogP contribution in [0.4, 0.5) is 4.39 Å². The summed E-state index contributed by atoms with van der Waals surface area (Å²) in [4.78, 5) is 12.5. The molecular formula is C28H35FO3. The van der Waals surface area contributed by atoms with Crippen molar-refractivity contribution in [1.29, 1.82) is 0 Å². The molecule has 0 fully saturated rings. The first-order valence-electron chi connectivity index (χ1n) is 12.1. The van der Waals surface area contributed by atoms with Gasteiger partial charge in [0.15, 0.2) is 0 Å². The van der Waals surface area contributed by atoms with Crippen molar-refractivity contribution in [3.05, 3.63) is 75.6 Å². The second-order valence-corrected chi connectivity index (χ2v) is 8.45. The van der Waals surface area contributed by atoms with Gasteiger partial charge in [0.2, 0.25) is 0 Å². The Morgan fingerprint density at radius 1 is 0.844 bits per heavy atom. The fraction of sp³-hybridized carbons (Fsp3) is 0.464. The molecule has 2 aromatic carbocycles. The summed E-state index contributed by atoms with van der Waals surface area (Å²) in [5.41, 5.74) is 1.07. The van der Waals surface area contributed by atoms with Crippen molar-refractivity contribution < 1.29 is 13.5 Å². The monoisotopic (exact) mass is 438 g/mol. The van der Waals surface area contributed by atoms with Crippen LogP contribution in [0.5, 0.6) is 5.75 Å². The summed E-state index contributed by atoms with van der Waals surface area (Å²) in [7, 11) is 0. The van der Waals surface area contributed by atoms with Crippen LogP contribution in [0.1, 0.15) is 75.7 Å². The molecule has 4 heteroatoms. The van der Waals surface area contributed by atoms with Crippen molar-refractivity contribution in [3.63, 3.8) is 0 Å². The van der Waals surface area contributed by atoms with Crippen LogP contribution in [0.15, 0.2) is 51.7 Å². The topological polar surface area (TPSA) is 39.4 Å². The molecule has 0 spiro atoms. The summed E-state index contributed by atoms with van der Waals surface area (Å²) >= 11 is 0. The summed E-state index contributed by atoms with van der Waals surface area (Å²) in [5, 5.41) is 0.694. The Kier molecular flexibility index (Phi) is 9.33. The minimum atomic E-state index is -0.569. The highest BCUT2D eigenvalue weighted by Gasteiger charge is 2.14. The van der Waals surface area contributed by atoms with E-state index in [1.807, 2.05) is 43.3 Å². The predicted octanol–water partition coefficient (Wildman–Crippen LogP) is 7.41. The molecule has 0 aliphatic carbocycles. The quantitative estimate of drug-likeness (QED) is 0.261. The second-order valence-electron chi connectivity index (χ2n) is 8.45. The highest BCUT2D eigenvalue weighted by molar-refractivity contribution is 5.82. The number of aryl methyl sites for hydroxylation is 3. The molecule has 0 bridgehead atoms. The number of ether oxygens (including phenoxy) is 1. The van der Waals surface area contributed by atoms with E-state index < -0.39 is 11.4 Å². The first-order chi connectivity index (χ1) is 15.6. The normalized spacial score (nSPS) is 11.2. The van der Waals surface area contributed by atoms with Crippen LogP contribution in [-0.2, 0) is 19.3 Å². The van der Waals surface area contributed by atoms with Gasteiger partial charge in [-0.15, -0.1) is 0 Å². The van der Waals surface area contributed by atoms with Crippen molar-refractivity contribution in [2.75, 3.05) is 6.61 Å². The maximum atomic E-state index is 15.1. The zero-order valence-corrected chi connectivity index (χ0v) is 19.4. The molecule has 1 heterocycles. The van der Waals surface area contributed by atoms with Gasteiger partial charge in [-0.2, -0.15) is 0 Å². The SMILES string of the molecule is CCCCCCCCCc1cc2ccc(CCc3ccc(OCC)cc3)c(F)c2c(=O)o1. The first-order valence-corrected chi connectivity index (χ1v) is 12.1. The molecule has 0 aliphatic rings. The second kappa shape index (κ2) is 12.4. The van der Waals surface area contributed by atoms with Gasteiger partial charge in [0.25, 0.3) is 0 Å². The zero-order valence-electron chi connectivity index (χ0n) is 19.4. The van der Waals surface area contributed by atoms with Gasteiger partial charge >= 0.3 is 5.63 Å². The Bertz CT molecular complexity index is 1040. The Labute approximate surface area is 190 Å². The molecule has 0 saturated carbocycles. The minimum Gasteiger partial charge on any atom is -0.494 e. The lowest BCUT2D eigenvalue weighted by molar-refractivity contribution is 0.340. The van der Waals surface area contributed by atoms with Gasteiger partial charge in [0.05, 0.1) is 6.61 Å². The Morgan fingerprint density at radius 3 is 2.28 bits per heavy atom. The van der Waals surface area contributed by atoms with Gasteiger partial charge in [-0.3, -0.25) is 0 Å². The Balaban J connectivity index is 1.61. The third-order valence-electron chi connectivity index (χ3n) is 5.94. The van der Waals surface area contributed by atoms with Crippen LogP contribution in [0, 0.1) is 5.82 Å². The molecule has 0 N–H and O–H groups in total. The first kappa shape index (κ1) is 24.0. The van der Waals surface area contributed by atoms with Crippen LogP contribution in [0.3, 0.4) is 0 Å². The summed E-state index contributed by atoms with van der Waals surface area (Å²) in [5.74, 6) is 1.03. The van der Waals surface area contributed by atoms with E-state index in [1.54, 1.807) is 6.07 Å². The number of unbranched alkanes of at least 4 members (excludes halogenated alkanes) is 6. The lowest BCUT2D eigenvalue weighted by Gasteiger charge is -2.08. The van der Waals surface area contributed by atoms with Crippen LogP contribution >= 0.6 is 0 Å². The van der Waals surface area contributed by atoms with E-state index in [0.29, 0.717) is 36.2 Å². The van der Waals surface area contributed by atoms with Crippen molar-refractivity contribution in [2.24, 2.45) is 0 Å². The zero-order chi connectivity index (χ0) is 22.8. The van der Waals surface area contributed by atoms with Gasteiger partial charge in [0.1, 0.15) is 22.7 Å².